The van der Waals surface area contributed by atoms with Crippen LogP contribution < -0.4 is 19.7 Å². The van der Waals surface area contributed by atoms with Gasteiger partial charge in [-0.2, -0.15) is 13.2 Å². The number of benzene rings is 2. The Hall–Kier alpha value is -5.27. The number of alkyl halides is 4. The van der Waals surface area contributed by atoms with Gasteiger partial charge < -0.3 is 24.7 Å². The van der Waals surface area contributed by atoms with Crippen molar-refractivity contribution in [2.24, 2.45) is 16.2 Å². The maximum Gasteiger partial charge on any atom is 0.394 e. The highest BCUT2D eigenvalue weighted by Crippen LogP contribution is 2.82. The highest BCUT2D eigenvalue weighted by molar-refractivity contribution is 7.90. The Morgan fingerprint density at radius 3 is 2.45 bits per heavy atom. The van der Waals surface area contributed by atoms with Crippen molar-refractivity contribution in [1.82, 2.24) is 19.6 Å². The number of fused-ring (bicyclic) bond motifs is 1. The molecule has 4 aliphatic carbocycles. The molecule has 19 heteroatoms. The van der Waals surface area contributed by atoms with Crippen molar-refractivity contribution in [1.29, 1.82) is 0 Å². The summed E-state index contributed by atoms with van der Waals surface area (Å²) in [6.07, 6.45) is 2.56. The third-order valence-corrected chi connectivity index (χ3v) is 15.4. The first-order valence-electron chi connectivity index (χ1n) is 21.6. The number of aromatic amines is 1. The maximum absolute atomic E-state index is 15.2. The molecule has 2 aromatic heterocycles. The minimum absolute atomic E-state index is 0.0397. The van der Waals surface area contributed by atoms with E-state index < -0.39 is 48.7 Å². The number of H-pyrrole nitrogens is 1. The molecule has 0 radical (unpaired) electrons. The number of halogens is 4. The molecule has 6 aliphatic rings. The van der Waals surface area contributed by atoms with E-state index in [9.17, 15) is 36.5 Å². The highest BCUT2D eigenvalue weighted by Gasteiger charge is 2.79. The number of amides is 1. The molecule has 342 valence electrons. The van der Waals surface area contributed by atoms with Crippen LogP contribution in [0, 0.1) is 26.4 Å². The summed E-state index contributed by atoms with van der Waals surface area (Å²) >= 11 is 0. The first kappa shape index (κ1) is 44.0. The van der Waals surface area contributed by atoms with Gasteiger partial charge in [-0.3, -0.25) is 19.8 Å². The van der Waals surface area contributed by atoms with Crippen LogP contribution in [0.3, 0.4) is 0 Å². The molecule has 14 nitrogen and oxygen atoms in total. The van der Waals surface area contributed by atoms with Crippen LogP contribution in [0.1, 0.15) is 75.6 Å². The summed E-state index contributed by atoms with van der Waals surface area (Å²) in [4.78, 5) is 36.5. The number of allylic oxidation sites excluding steroid dienone is 1. The molecule has 2 aromatic carbocycles. The SMILES string of the molecule is CC1(C)CCC(CN2CCN(c3ccc(C(=O)NS(=O)(=O)c4ccc(NCC5(F)CCOCC5)c([N+](=O)[O-])c4)c(Oc4cnc5[nH]ccc5c4)c3)CC2)=C(C23CC(C(F)(F)F)(C2)C3)C1. The van der Waals surface area contributed by atoms with Crippen molar-refractivity contribution in [3.63, 3.8) is 0 Å². The van der Waals surface area contributed by atoms with Gasteiger partial charge in [-0.25, -0.2) is 22.5 Å². The van der Waals surface area contributed by atoms with Crippen LogP contribution in [0.25, 0.3) is 11.0 Å². The molecule has 4 aromatic rings. The van der Waals surface area contributed by atoms with Crippen LogP contribution in [0.15, 0.2) is 77.0 Å². The fraction of sp³-hybridized carbons (Fsp3) is 0.511. The predicted molar refractivity (Wildman–Crippen MR) is 231 cm³/mol. The number of carbonyl (C=O) groups is 1. The summed E-state index contributed by atoms with van der Waals surface area (Å²) in [6.45, 7) is 7.91. The van der Waals surface area contributed by atoms with Gasteiger partial charge in [-0.1, -0.05) is 25.0 Å². The van der Waals surface area contributed by atoms with Crippen LogP contribution in [0.4, 0.5) is 34.6 Å². The second kappa shape index (κ2) is 16.0. The van der Waals surface area contributed by atoms with Crippen LogP contribution >= 0.6 is 0 Å². The molecule has 2 bridgehead atoms. The van der Waals surface area contributed by atoms with Gasteiger partial charge in [0, 0.05) is 94.7 Å². The summed E-state index contributed by atoms with van der Waals surface area (Å²) in [6, 6.07) is 11.4. The molecule has 3 saturated carbocycles. The molecule has 10 rings (SSSR count). The number of pyridine rings is 1. The average molecular weight is 910 g/mol. The lowest BCUT2D eigenvalue weighted by molar-refractivity contribution is -0.384. The van der Waals surface area contributed by atoms with E-state index in [0.717, 1.165) is 36.8 Å². The van der Waals surface area contributed by atoms with Crippen LogP contribution in [-0.2, 0) is 14.8 Å². The molecule has 5 fully saturated rings. The summed E-state index contributed by atoms with van der Waals surface area (Å²) in [5, 5.41) is 15.5. The molecule has 3 N–H and O–H groups in total. The van der Waals surface area contributed by atoms with Crippen molar-refractivity contribution in [2.45, 2.75) is 82.0 Å². The number of nitro benzene ring substituents is 1. The summed E-state index contributed by atoms with van der Waals surface area (Å²) in [5.41, 5.74) is -0.369. The average Bonchev–Trinajstić information content (AvgIpc) is 3.68. The van der Waals surface area contributed by atoms with E-state index in [1.54, 1.807) is 30.5 Å². The Balaban J connectivity index is 0.918. The number of carbonyl (C=O) groups excluding carboxylic acids is 1. The topological polar surface area (TPSA) is 172 Å². The van der Waals surface area contributed by atoms with Gasteiger partial charge in [0.2, 0.25) is 0 Å². The Labute approximate surface area is 368 Å². The summed E-state index contributed by atoms with van der Waals surface area (Å²) < 4.78 is 97.5. The van der Waals surface area contributed by atoms with Gasteiger partial charge in [-0.15, -0.1) is 0 Å². The zero-order valence-corrected chi connectivity index (χ0v) is 36.5. The van der Waals surface area contributed by atoms with E-state index in [1.165, 1.54) is 29.5 Å². The van der Waals surface area contributed by atoms with E-state index in [-0.39, 0.29) is 85.4 Å². The van der Waals surface area contributed by atoms with Gasteiger partial charge in [0.15, 0.2) is 0 Å². The molecule has 2 saturated heterocycles. The number of ether oxygens (including phenoxy) is 2. The standard InChI is InChI=1S/C45H51F4N7O7S/c1-41(2)9-7-30(35(22-41)42-25-43(26-42,27-42)45(47,48)49)24-54-13-15-55(16-14-54)31-3-5-34(38(20-31)63-32-19-29-8-12-50-39(29)51-23-32)40(57)53-64(60,61)33-4-6-36(37(21-33)56(58)59)52-28-44(46)10-17-62-18-11-44/h3-6,8,12,19-21,23,52H,7,9-11,13-18,22,24-28H2,1-2H3,(H,50,51)(H,53,57). The number of nitrogens with zero attached hydrogens (tertiary/aromatic N) is 4. The quantitative estimate of drug-likeness (QED) is 0.0507. The zero-order chi connectivity index (χ0) is 45.3. The molecule has 4 heterocycles. The fourth-order valence-corrected chi connectivity index (χ4v) is 11.4. The number of hydrogen-bond donors (Lipinski definition) is 3. The third-order valence-electron chi connectivity index (χ3n) is 14.1. The number of piperazine rings is 1. The van der Waals surface area contributed by atoms with E-state index in [0.29, 0.717) is 44.1 Å². The van der Waals surface area contributed by atoms with E-state index in [2.05, 4.69) is 38.9 Å². The van der Waals surface area contributed by atoms with E-state index in [1.807, 2.05) is 4.72 Å². The number of aromatic nitrogens is 2. The molecule has 2 aliphatic heterocycles. The van der Waals surface area contributed by atoms with Gasteiger partial charge >= 0.3 is 6.18 Å². The first-order valence-corrected chi connectivity index (χ1v) is 23.1. The lowest BCUT2D eigenvalue weighted by atomic mass is 9.31. The first-order chi connectivity index (χ1) is 30.2. The largest absolute Gasteiger partial charge is 0.455 e. The van der Waals surface area contributed by atoms with Gasteiger partial charge in [-0.05, 0) is 85.8 Å². The predicted octanol–water partition coefficient (Wildman–Crippen LogP) is 8.67. The van der Waals surface area contributed by atoms with Crippen molar-refractivity contribution < 1.29 is 45.2 Å². The van der Waals surface area contributed by atoms with E-state index in [4.69, 9.17) is 9.47 Å². The van der Waals surface area contributed by atoms with Crippen LogP contribution in [0.2, 0.25) is 0 Å². The molecule has 64 heavy (non-hydrogen) atoms. The highest BCUT2D eigenvalue weighted by atomic mass is 32.2. The van der Waals surface area contributed by atoms with Crippen LogP contribution in [-0.4, -0.2) is 98.4 Å². The Morgan fingerprint density at radius 1 is 1.02 bits per heavy atom. The zero-order valence-electron chi connectivity index (χ0n) is 35.7. The Kier molecular flexibility index (Phi) is 11.0. The molecule has 0 unspecified atom stereocenters. The number of hydrogen-bond acceptors (Lipinski definition) is 11. The van der Waals surface area contributed by atoms with Crippen LogP contribution in [0.5, 0.6) is 11.5 Å². The normalized spacial score (nSPS) is 24.4. The number of rotatable bonds is 13. The third kappa shape index (κ3) is 8.41. The lowest BCUT2D eigenvalue weighted by Gasteiger charge is -2.72. The molecule has 0 spiro atoms. The molecule has 0 atom stereocenters. The van der Waals surface area contributed by atoms with Crippen molar-refractivity contribution >= 4 is 44.0 Å². The lowest BCUT2D eigenvalue weighted by Crippen LogP contribution is -2.69. The van der Waals surface area contributed by atoms with E-state index >= 15 is 4.39 Å². The maximum atomic E-state index is 15.2. The minimum Gasteiger partial charge on any atom is -0.455 e. The summed E-state index contributed by atoms with van der Waals surface area (Å²) in [5.74, 6) is -0.724. The molecular weight excluding hydrogens is 859 g/mol. The number of anilines is 2. The van der Waals surface area contributed by atoms with Crippen molar-refractivity contribution in [2.75, 3.05) is 62.7 Å². The number of sulfonamides is 1. The number of nitrogens with one attached hydrogen (secondary N) is 3. The molecule has 1 amide bonds. The second-order valence-electron chi connectivity index (χ2n) is 19.1. The summed E-state index contributed by atoms with van der Waals surface area (Å²) in [7, 11) is -4.68. The van der Waals surface area contributed by atoms with Crippen molar-refractivity contribution in [3.05, 3.63) is 87.7 Å². The smallest absolute Gasteiger partial charge is 0.394 e. The van der Waals surface area contributed by atoms with Gasteiger partial charge in [0.1, 0.15) is 28.5 Å². The van der Waals surface area contributed by atoms with Gasteiger partial charge in [0.05, 0.1) is 27.0 Å². The fourth-order valence-electron chi connectivity index (χ4n) is 10.4. The second-order valence-corrected chi connectivity index (χ2v) is 20.8. The monoisotopic (exact) mass is 909 g/mol. The van der Waals surface area contributed by atoms with Crippen molar-refractivity contribution in [3.8, 4) is 11.5 Å². The molecular formula is C45H51F4N7O7S. The minimum atomic E-state index is -4.68. The number of nitro groups is 1. The Morgan fingerprint density at radius 2 is 1.75 bits per heavy atom. The van der Waals surface area contributed by atoms with Gasteiger partial charge in [0.25, 0.3) is 21.6 Å². The Bertz CT molecular complexity index is 2620.